The van der Waals surface area contributed by atoms with Gasteiger partial charge in [0.05, 0.1) is 12.4 Å². The highest BCUT2D eigenvalue weighted by Gasteiger charge is 2.16. The van der Waals surface area contributed by atoms with Crippen LogP contribution < -0.4 is 15.4 Å². The number of nitrogens with zero attached hydrogens (tertiary/aromatic N) is 1. The molecule has 1 aliphatic rings. The lowest BCUT2D eigenvalue weighted by Gasteiger charge is -2.14. The van der Waals surface area contributed by atoms with Gasteiger partial charge in [0.1, 0.15) is 5.75 Å². The fraction of sp³-hybridized carbons (Fsp3) is 0.588. The zero-order valence-electron chi connectivity index (χ0n) is 14.8. The summed E-state index contributed by atoms with van der Waals surface area (Å²) in [7, 11) is -1.65. The van der Waals surface area contributed by atoms with Crippen molar-refractivity contribution in [2.75, 3.05) is 31.7 Å². The number of amides is 2. The van der Waals surface area contributed by atoms with Gasteiger partial charge in [0.2, 0.25) is 10.0 Å². The Bertz CT molecular complexity index is 655. The normalized spacial score (nSPS) is 15.3. The Morgan fingerprint density at radius 3 is 2.48 bits per heavy atom. The summed E-state index contributed by atoms with van der Waals surface area (Å²) in [6.07, 6.45) is 6.69. The molecule has 7 nitrogen and oxygen atoms in total. The second-order valence-electron chi connectivity index (χ2n) is 6.37. The minimum absolute atomic E-state index is 0.312. The van der Waals surface area contributed by atoms with E-state index >= 15 is 0 Å². The first-order valence-electron chi connectivity index (χ1n) is 8.57. The lowest BCUT2D eigenvalue weighted by molar-refractivity contribution is 0.210. The molecule has 2 rings (SSSR count). The van der Waals surface area contributed by atoms with Crippen molar-refractivity contribution in [1.82, 2.24) is 9.62 Å². The summed E-state index contributed by atoms with van der Waals surface area (Å²) in [6, 6.07) is 7.01. The molecule has 0 saturated heterocycles. The molecular weight excluding hydrogens is 342 g/mol. The lowest BCUT2D eigenvalue weighted by atomic mass is 10.3. The number of nitrogens with one attached hydrogen (secondary N) is 2. The Kier molecular flexibility index (Phi) is 7.07. The van der Waals surface area contributed by atoms with Gasteiger partial charge >= 0.3 is 6.03 Å². The molecular formula is C17H27N3O4S. The molecule has 0 atom stereocenters. The van der Waals surface area contributed by atoms with Crippen molar-refractivity contribution in [2.24, 2.45) is 0 Å². The maximum absolute atomic E-state index is 11.8. The molecule has 1 fully saturated rings. The third-order valence-corrected chi connectivity index (χ3v) is 5.53. The number of sulfonamides is 1. The predicted octanol–water partition coefficient (Wildman–Crippen LogP) is 2.41. The summed E-state index contributed by atoms with van der Waals surface area (Å²) in [5.74, 6) is 0.821. The van der Waals surface area contributed by atoms with Gasteiger partial charge in [0, 0.05) is 25.8 Å². The summed E-state index contributed by atoms with van der Waals surface area (Å²) in [5.41, 5.74) is 0.685. The number of ether oxygens (including phenoxy) is 1. The summed E-state index contributed by atoms with van der Waals surface area (Å²) < 4.78 is 29.6. The van der Waals surface area contributed by atoms with Crippen LogP contribution in [-0.4, -0.2) is 51.3 Å². The van der Waals surface area contributed by atoms with Gasteiger partial charge in [-0.3, -0.25) is 0 Å². The summed E-state index contributed by atoms with van der Waals surface area (Å²) in [5, 5.41) is 5.45. The van der Waals surface area contributed by atoms with Crippen molar-refractivity contribution in [3.8, 4) is 5.75 Å². The minimum Gasteiger partial charge on any atom is -0.490 e. The van der Waals surface area contributed by atoms with Crippen molar-refractivity contribution < 1.29 is 17.9 Å². The highest BCUT2D eigenvalue weighted by Crippen LogP contribution is 2.24. The van der Waals surface area contributed by atoms with Crippen LogP contribution in [0.25, 0.3) is 0 Å². The Morgan fingerprint density at radius 1 is 1.24 bits per heavy atom. The van der Waals surface area contributed by atoms with Crippen molar-refractivity contribution >= 4 is 21.7 Å². The Labute approximate surface area is 149 Å². The van der Waals surface area contributed by atoms with Crippen LogP contribution in [0.1, 0.15) is 32.1 Å². The summed E-state index contributed by atoms with van der Waals surface area (Å²) in [6.45, 7) is 0.765. The summed E-state index contributed by atoms with van der Waals surface area (Å²) in [4.78, 5) is 11.8. The van der Waals surface area contributed by atoms with Crippen molar-refractivity contribution in [3.05, 3.63) is 24.3 Å². The second-order valence-corrected chi connectivity index (χ2v) is 8.46. The number of hydrogen-bond donors (Lipinski definition) is 2. The first kappa shape index (κ1) is 19.5. The fourth-order valence-corrected chi connectivity index (χ4v) is 3.12. The SMILES string of the molecule is CN(CCCNC(=O)Nc1ccc(OC2CCCC2)cc1)S(C)(=O)=O. The van der Waals surface area contributed by atoms with Gasteiger partial charge in [-0.1, -0.05) is 0 Å². The van der Waals surface area contributed by atoms with Crippen molar-refractivity contribution in [1.29, 1.82) is 0 Å². The molecule has 2 amide bonds. The number of benzene rings is 1. The summed E-state index contributed by atoms with van der Waals surface area (Å²) >= 11 is 0. The first-order valence-corrected chi connectivity index (χ1v) is 10.4. The Morgan fingerprint density at radius 2 is 1.88 bits per heavy atom. The standard InChI is InChI=1S/C17H27N3O4S/c1-20(25(2,22)23)13-5-12-18-17(21)19-14-8-10-16(11-9-14)24-15-6-3-4-7-15/h8-11,15H,3-7,12-13H2,1-2H3,(H2,18,19,21). The molecule has 0 radical (unpaired) electrons. The average Bonchev–Trinajstić information content (AvgIpc) is 3.05. The number of anilines is 1. The van der Waals surface area contributed by atoms with Crippen LogP contribution in [0.4, 0.5) is 10.5 Å². The molecule has 0 bridgehead atoms. The number of carbonyl (C=O) groups excluding carboxylic acids is 1. The second kappa shape index (κ2) is 9.05. The van der Waals surface area contributed by atoms with Crippen LogP contribution in [-0.2, 0) is 10.0 Å². The van der Waals surface area contributed by atoms with E-state index in [0.717, 1.165) is 24.8 Å². The van der Waals surface area contributed by atoms with Crippen LogP contribution in [0.15, 0.2) is 24.3 Å². The predicted molar refractivity (Wildman–Crippen MR) is 98.4 cm³/mol. The van der Waals surface area contributed by atoms with E-state index in [1.807, 2.05) is 12.1 Å². The molecule has 0 unspecified atom stereocenters. The zero-order chi connectivity index (χ0) is 18.3. The quantitative estimate of drug-likeness (QED) is 0.689. The van der Waals surface area contributed by atoms with Gasteiger partial charge in [0.15, 0.2) is 0 Å². The third kappa shape index (κ3) is 6.91. The maximum atomic E-state index is 11.8. The van der Waals surface area contributed by atoms with Crippen LogP contribution in [0.2, 0.25) is 0 Å². The third-order valence-electron chi connectivity index (χ3n) is 4.22. The van der Waals surface area contributed by atoms with E-state index in [1.54, 1.807) is 12.1 Å². The van der Waals surface area contributed by atoms with Crippen LogP contribution >= 0.6 is 0 Å². The zero-order valence-corrected chi connectivity index (χ0v) is 15.6. The number of urea groups is 1. The van der Waals surface area contributed by atoms with E-state index in [-0.39, 0.29) is 6.03 Å². The van der Waals surface area contributed by atoms with Gasteiger partial charge in [-0.05, 0) is 56.4 Å². The Balaban J connectivity index is 1.68. The molecule has 8 heteroatoms. The fourth-order valence-electron chi connectivity index (χ4n) is 2.66. The number of carbonyl (C=O) groups is 1. The molecule has 2 N–H and O–H groups in total. The Hall–Kier alpha value is -1.80. The molecule has 25 heavy (non-hydrogen) atoms. The van der Waals surface area contributed by atoms with E-state index in [2.05, 4.69) is 10.6 Å². The van der Waals surface area contributed by atoms with Gasteiger partial charge in [-0.25, -0.2) is 17.5 Å². The topological polar surface area (TPSA) is 87.7 Å². The van der Waals surface area contributed by atoms with Gasteiger partial charge < -0.3 is 15.4 Å². The average molecular weight is 369 g/mol. The van der Waals surface area contributed by atoms with Crippen LogP contribution in [0, 0.1) is 0 Å². The van der Waals surface area contributed by atoms with Gasteiger partial charge in [-0.15, -0.1) is 0 Å². The largest absolute Gasteiger partial charge is 0.490 e. The molecule has 0 heterocycles. The lowest BCUT2D eigenvalue weighted by Crippen LogP contribution is -2.33. The van der Waals surface area contributed by atoms with E-state index in [9.17, 15) is 13.2 Å². The van der Waals surface area contributed by atoms with Crippen molar-refractivity contribution in [2.45, 2.75) is 38.2 Å². The smallest absolute Gasteiger partial charge is 0.319 e. The molecule has 1 aliphatic carbocycles. The van der Waals surface area contributed by atoms with E-state index in [0.29, 0.717) is 31.3 Å². The minimum atomic E-state index is -3.17. The van der Waals surface area contributed by atoms with Crippen LogP contribution in [0.5, 0.6) is 5.75 Å². The van der Waals surface area contributed by atoms with Gasteiger partial charge in [0.25, 0.3) is 0 Å². The monoisotopic (exact) mass is 369 g/mol. The van der Waals surface area contributed by atoms with Crippen LogP contribution in [0.3, 0.4) is 0 Å². The maximum Gasteiger partial charge on any atom is 0.319 e. The van der Waals surface area contributed by atoms with Crippen molar-refractivity contribution in [3.63, 3.8) is 0 Å². The highest BCUT2D eigenvalue weighted by atomic mass is 32.2. The number of rotatable bonds is 8. The molecule has 1 aromatic carbocycles. The number of hydrogen-bond acceptors (Lipinski definition) is 4. The molecule has 1 saturated carbocycles. The molecule has 0 aromatic heterocycles. The highest BCUT2D eigenvalue weighted by molar-refractivity contribution is 7.88. The first-order chi connectivity index (χ1) is 11.8. The molecule has 0 aliphatic heterocycles. The molecule has 1 aromatic rings. The van der Waals surface area contributed by atoms with E-state index < -0.39 is 10.0 Å². The van der Waals surface area contributed by atoms with E-state index in [4.69, 9.17) is 4.74 Å². The van der Waals surface area contributed by atoms with Gasteiger partial charge in [-0.2, -0.15) is 0 Å². The molecule has 0 spiro atoms. The van der Waals surface area contributed by atoms with E-state index in [1.165, 1.54) is 24.2 Å². The molecule has 140 valence electrons.